The van der Waals surface area contributed by atoms with Gasteiger partial charge in [-0.15, -0.1) is 0 Å². The van der Waals surface area contributed by atoms with Crippen LogP contribution in [0.2, 0.25) is 10.0 Å². The highest BCUT2D eigenvalue weighted by molar-refractivity contribution is 6.36. The van der Waals surface area contributed by atoms with Crippen LogP contribution in [0.4, 0.5) is 5.69 Å². The van der Waals surface area contributed by atoms with Crippen LogP contribution in [0.5, 0.6) is 5.75 Å². The lowest BCUT2D eigenvalue weighted by atomic mass is 9.85. The van der Waals surface area contributed by atoms with E-state index in [-0.39, 0.29) is 11.8 Å². The lowest BCUT2D eigenvalue weighted by Gasteiger charge is -2.24. The van der Waals surface area contributed by atoms with Crippen molar-refractivity contribution in [1.82, 2.24) is 0 Å². The molecule has 1 aliphatic carbocycles. The van der Waals surface area contributed by atoms with Crippen molar-refractivity contribution in [2.45, 2.75) is 19.3 Å². The van der Waals surface area contributed by atoms with Gasteiger partial charge in [-0.25, -0.2) is 0 Å². The number of methoxy groups -OCH3 is 1. The Kier molecular flexibility index (Phi) is 3.79. The highest BCUT2D eigenvalue weighted by Gasteiger charge is 2.25. The van der Waals surface area contributed by atoms with Gasteiger partial charge in [0.25, 0.3) is 0 Å². The third-order valence-corrected chi connectivity index (χ3v) is 3.58. The predicted molar refractivity (Wildman–Crippen MR) is 69.0 cm³/mol. The number of amides is 1. The summed E-state index contributed by atoms with van der Waals surface area (Å²) in [7, 11) is 1.52. The Morgan fingerprint density at radius 3 is 2.59 bits per heavy atom. The standard InChI is InChI=1S/C12H13Cl2NO2/c1-17-11-6-8(13)10(5-9(11)14)15-12(16)7-3-2-4-7/h5-7H,2-4H2,1H3,(H,15,16). The SMILES string of the molecule is COc1cc(Cl)c(NC(=O)C2CCC2)cc1Cl. The summed E-state index contributed by atoms with van der Waals surface area (Å²) >= 11 is 12.0. The highest BCUT2D eigenvalue weighted by Crippen LogP contribution is 2.35. The summed E-state index contributed by atoms with van der Waals surface area (Å²) in [4.78, 5) is 11.8. The molecular weight excluding hydrogens is 261 g/mol. The maximum absolute atomic E-state index is 11.8. The predicted octanol–water partition coefficient (Wildman–Crippen LogP) is 3.74. The van der Waals surface area contributed by atoms with Crippen LogP contribution in [0.1, 0.15) is 19.3 Å². The van der Waals surface area contributed by atoms with Crippen molar-refractivity contribution in [2.24, 2.45) is 5.92 Å². The average molecular weight is 274 g/mol. The van der Waals surface area contributed by atoms with Crippen molar-refractivity contribution in [3.05, 3.63) is 22.2 Å². The fraction of sp³-hybridized carbons (Fsp3) is 0.417. The Morgan fingerprint density at radius 2 is 2.06 bits per heavy atom. The molecule has 1 aliphatic rings. The summed E-state index contributed by atoms with van der Waals surface area (Å²) in [6.07, 6.45) is 3.02. The van der Waals surface area contributed by atoms with Gasteiger partial charge in [0.15, 0.2) is 0 Å². The lowest BCUT2D eigenvalue weighted by Crippen LogP contribution is -2.28. The van der Waals surface area contributed by atoms with Crippen molar-refractivity contribution >= 4 is 34.8 Å². The van der Waals surface area contributed by atoms with Crippen LogP contribution in [-0.4, -0.2) is 13.0 Å². The Hall–Kier alpha value is -0.930. The second-order valence-electron chi connectivity index (χ2n) is 4.08. The number of ether oxygens (including phenoxy) is 1. The summed E-state index contributed by atoms with van der Waals surface area (Å²) in [6, 6.07) is 3.21. The first-order chi connectivity index (χ1) is 8.11. The molecule has 0 atom stereocenters. The minimum atomic E-state index is 0.0133. The molecule has 1 N–H and O–H groups in total. The summed E-state index contributed by atoms with van der Waals surface area (Å²) in [5.74, 6) is 0.629. The molecule has 0 saturated heterocycles. The maximum Gasteiger partial charge on any atom is 0.227 e. The first kappa shape index (κ1) is 12.5. The van der Waals surface area contributed by atoms with E-state index in [0.717, 1.165) is 19.3 Å². The van der Waals surface area contributed by atoms with Gasteiger partial charge < -0.3 is 10.1 Å². The number of hydrogen-bond donors (Lipinski definition) is 1. The van der Waals surface area contributed by atoms with Crippen LogP contribution in [0, 0.1) is 5.92 Å². The number of nitrogens with one attached hydrogen (secondary N) is 1. The Balaban J connectivity index is 2.15. The summed E-state index contributed by atoms with van der Waals surface area (Å²) in [6.45, 7) is 0. The van der Waals surface area contributed by atoms with Crippen molar-refractivity contribution in [3.8, 4) is 5.75 Å². The van der Waals surface area contributed by atoms with E-state index in [2.05, 4.69) is 5.32 Å². The molecule has 0 aromatic heterocycles. The van der Waals surface area contributed by atoms with Crippen LogP contribution in [0.25, 0.3) is 0 Å². The summed E-state index contributed by atoms with van der Waals surface area (Å²) in [5, 5.41) is 3.65. The van der Waals surface area contributed by atoms with E-state index in [1.807, 2.05) is 0 Å². The number of hydrogen-bond acceptors (Lipinski definition) is 2. The first-order valence-electron chi connectivity index (χ1n) is 5.45. The van der Waals surface area contributed by atoms with E-state index in [4.69, 9.17) is 27.9 Å². The van der Waals surface area contributed by atoms with Gasteiger partial charge >= 0.3 is 0 Å². The number of carbonyl (C=O) groups is 1. The number of anilines is 1. The Morgan fingerprint density at radius 1 is 1.35 bits per heavy atom. The topological polar surface area (TPSA) is 38.3 Å². The van der Waals surface area contributed by atoms with Gasteiger partial charge in [0.2, 0.25) is 5.91 Å². The molecule has 2 rings (SSSR count). The van der Waals surface area contributed by atoms with Crippen molar-refractivity contribution in [2.75, 3.05) is 12.4 Å². The molecule has 1 fully saturated rings. The second kappa shape index (κ2) is 5.15. The van der Waals surface area contributed by atoms with E-state index in [0.29, 0.717) is 21.5 Å². The first-order valence-corrected chi connectivity index (χ1v) is 6.21. The highest BCUT2D eigenvalue weighted by atomic mass is 35.5. The molecular formula is C12H13Cl2NO2. The average Bonchev–Trinajstić information content (AvgIpc) is 2.20. The number of carbonyl (C=O) groups excluding carboxylic acids is 1. The molecule has 1 aromatic rings. The molecule has 1 saturated carbocycles. The number of halogens is 2. The van der Waals surface area contributed by atoms with Gasteiger partial charge in [0.1, 0.15) is 5.75 Å². The van der Waals surface area contributed by atoms with Crippen LogP contribution < -0.4 is 10.1 Å². The third kappa shape index (κ3) is 2.67. The normalized spacial score (nSPS) is 15.2. The minimum Gasteiger partial charge on any atom is -0.495 e. The fourth-order valence-electron chi connectivity index (χ4n) is 1.69. The van der Waals surface area contributed by atoms with Gasteiger partial charge in [-0.05, 0) is 18.9 Å². The van der Waals surface area contributed by atoms with E-state index in [9.17, 15) is 4.79 Å². The van der Waals surface area contributed by atoms with Gasteiger partial charge in [-0.3, -0.25) is 4.79 Å². The monoisotopic (exact) mass is 273 g/mol. The molecule has 1 amide bonds. The summed E-state index contributed by atoms with van der Waals surface area (Å²) < 4.78 is 5.04. The third-order valence-electron chi connectivity index (χ3n) is 2.98. The molecule has 0 spiro atoms. The zero-order chi connectivity index (χ0) is 12.4. The van der Waals surface area contributed by atoms with E-state index < -0.39 is 0 Å². The van der Waals surface area contributed by atoms with Crippen LogP contribution >= 0.6 is 23.2 Å². The van der Waals surface area contributed by atoms with Crippen LogP contribution in [0.15, 0.2) is 12.1 Å². The largest absolute Gasteiger partial charge is 0.495 e. The van der Waals surface area contributed by atoms with Gasteiger partial charge in [-0.1, -0.05) is 29.6 Å². The molecule has 0 aliphatic heterocycles. The van der Waals surface area contributed by atoms with E-state index >= 15 is 0 Å². The van der Waals surface area contributed by atoms with Gasteiger partial charge in [0, 0.05) is 12.0 Å². The molecule has 92 valence electrons. The Labute approximate surface area is 110 Å². The van der Waals surface area contributed by atoms with Crippen molar-refractivity contribution in [1.29, 1.82) is 0 Å². The van der Waals surface area contributed by atoms with Crippen LogP contribution in [-0.2, 0) is 4.79 Å². The molecule has 0 radical (unpaired) electrons. The van der Waals surface area contributed by atoms with Crippen molar-refractivity contribution < 1.29 is 9.53 Å². The second-order valence-corrected chi connectivity index (χ2v) is 4.90. The van der Waals surface area contributed by atoms with E-state index in [1.54, 1.807) is 12.1 Å². The number of benzene rings is 1. The fourth-order valence-corrected chi connectivity index (χ4v) is 2.13. The van der Waals surface area contributed by atoms with Gasteiger partial charge in [0.05, 0.1) is 22.8 Å². The molecule has 3 nitrogen and oxygen atoms in total. The molecule has 0 heterocycles. The number of rotatable bonds is 3. The Bertz CT molecular complexity index is 444. The minimum absolute atomic E-state index is 0.0133. The molecule has 5 heteroatoms. The zero-order valence-electron chi connectivity index (χ0n) is 9.43. The quantitative estimate of drug-likeness (QED) is 0.911. The molecule has 0 bridgehead atoms. The van der Waals surface area contributed by atoms with Gasteiger partial charge in [-0.2, -0.15) is 0 Å². The zero-order valence-corrected chi connectivity index (χ0v) is 10.9. The lowest BCUT2D eigenvalue weighted by molar-refractivity contribution is -0.122. The maximum atomic E-state index is 11.8. The molecule has 17 heavy (non-hydrogen) atoms. The molecule has 1 aromatic carbocycles. The molecule has 0 unspecified atom stereocenters. The summed E-state index contributed by atoms with van der Waals surface area (Å²) in [5.41, 5.74) is 0.536. The van der Waals surface area contributed by atoms with Crippen LogP contribution in [0.3, 0.4) is 0 Å². The van der Waals surface area contributed by atoms with E-state index in [1.165, 1.54) is 7.11 Å². The van der Waals surface area contributed by atoms with Crippen molar-refractivity contribution in [3.63, 3.8) is 0 Å². The smallest absolute Gasteiger partial charge is 0.227 e.